The van der Waals surface area contributed by atoms with Crippen LogP contribution in [0.25, 0.3) is 0 Å². The largest absolute Gasteiger partial charge is 0.491 e. The quantitative estimate of drug-likeness (QED) is 0.812. The van der Waals surface area contributed by atoms with Gasteiger partial charge in [-0.05, 0) is 25.1 Å². The first kappa shape index (κ1) is 19.7. The molecule has 1 saturated heterocycles. The number of benzene rings is 1. The third-order valence-corrected chi connectivity index (χ3v) is 5.90. The molecule has 0 aliphatic carbocycles. The van der Waals surface area contributed by atoms with Crippen molar-refractivity contribution in [2.45, 2.75) is 32.6 Å². The second-order valence-electron chi connectivity index (χ2n) is 6.97. The number of hydrogen-bond donors (Lipinski definition) is 0. The van der Waals surface area contributed by atoms with Crippen LogP contribution in [0, 0.1) is 11.2 Å². The molecule has 6 nitrogen and oxygen atoms in total. The lowest BCUT2D eigenvalue weighted by molar-refractivity contribution is -0.140. The lowest BCUT2D eigenvalue weighted by Crippen LogP contribution is -2.52. The number of halogens is 1. The lowest BCUT2D eigenvalue weighted by Gasteiger charge is -2.37. The Morgan fingerprint density at radius 1 is 1.20 bits per heavy atom. The molecule has 0 N–H and O–H groups in total. The highest BCUT2D eigenvalue weighted by molar-refractivity contribution is 7.89. The van der Waals surface area contributed by atoms with Crippen LogP contribution < -0.4 is 4.74 Å². The van der Waals surface area contributed by atoms with Gasteiger partial charge in [-0.3, -0.25) is 4.79 Å². The van der Waals surface area contributed by atoms with Crippen molar-refractivity contribution < 1.29 is 22.3 Å². The fraction of sp³-hybridized carbons (Fsp3) is 0.588. The summed E-state index contributed by atoms with van der Waals surface area (Å²) in [4.78, 5) is 13.8. The summed E-state index contributed by atoms with van der Waals surface area (Å²) in [6, 6.07) is 3.65. The van der Waals surface area contributed by atoms with Gasteiger partial charge in [0.1, 0.15) is 0 Å². The molecule has 1 amide bonds. The molecular formula is C17H25FN2O4S. The van der Waals surface area contributed by atoms with Gasteiger partial charge in [0, 0.05) is 31.6 Å². The number of piperazine rings is 1. The first-order chi connectivity index (χ1) is 11.6. The first-order valence-corrected chi connectivity index (χ1v) is 9.73. The van der Waals surface area contributed by atoms with Crippen molar-refractivity contribution in [2.24, 2.45) is 5.41 Å². The van der Waals surface area contributed by atoms with E-state index in [0.717, 1.165) is 6.07 Å². The molecule has 0 atom stereocenters. The fourth-order valence-electron chi connectivity index (χ4n) is 2.67. The maximum Gasteiger partial charge on any atom is 0.243 e. The molecule has 1 fully saturated rings. The summed E-state index contributed by atoms with van der Waals surface area (Å²) in [6.07, 6.45) is 0. The Morgan fingerprint density at radius 3 is 2.28 bits per heavy atom. The standard InChI is InChI=1S/C17H25FN2O4S/c1-5-24-15-7-6-13(12-14(15)18)25(22,23)20-10-8-19(9-11-20)16(21)17(2,3)4/h6-7,12H,5,8-11H2,1-4H3. The molecular weight excluding hydrogens is 347 g/mol. The van der Waals surface area contributed by atoms with Crippen LogP contribution in [0.2, 0.25) is 0 Å². The molecule has 1 aliphatic rings. The normalized spacial score (nSPS) is 16.8. The summed E-state index contributed by atoms with van der Waals surface area (Å²) < 4.78 is 45.7. The Balaban J connectivity index is 2.12. The molecule has 0 saturated carbocycles. The van der Waals surface area contributed by atoms with Gasteiger partial charge in [-0.2, -0.15) is 4.31 Å². The molecule has 0 radical (unpaired) electrons. The minimum atomic E-state index is -3.80. The van der Waals surface area contributed by atoms with Gasteiger partial charge in [-0.1, -0.05) is 20.8 Å². The zero-order chi connectivity index (χ0) is 18.8. The average Bonchev–Trinajstić information content (AvgIpc) is 2.55. The Kier molecular flexibility index (Phi) is 5.73. The minimum Gasteiger partial charge on any atom is -0.491 e. The van der Waals surface area contributed by atoms with Crippen LogP contribution in [0.4, 0.5) is 4.39 Å². The summed E-state index contributed by atoms with van der Waals surface area (Å²) in [5.74, 6) is -0.678. The van der Waals surface area contributed by atoms with E-state index in [-0.39, 0.29) is 29.6 Å². The van der Waals surface area contributed by atoms with Gasteiger partial charge in [0.25, 0.3) is 0 Å². The molecule has 1 aromatic carbocycles. The number of carbonyl (C=O) groups excluding carboxylic acids is 1. The Morgan fingerprint density at radius 2 is 1.80 bits per heavy atom. The van der Waals surface area contributed by atoms with Crippen molar-refractivity contribution in [2.75, 3.05) is 32.8 Å². The Hall–Kier alpha value is -1.67. The highest BCUT2D eigenvalue weighted by Gasteiger charge is 2.34. The number of rotatable bonds is 4. The average molecular weight is 372 g/mol. The summed E-state index contributed by atoms with van der Waals surface area (Å²) >= 11 is 0. The first-order valence-electron chi connectivity index (χ1n) is 8.29. The van der Waals surface area contributed by atoms with Gasteiger partial charge in [-0.25, -0.2) is 12.8 Å². The third-order valence-electron chi connectivity index (χ3n) is 4.01. The van der Waals surface area contributed by atoms with E-state index in [0.29, 0.717) is 19.7 Å². The zero-order valence-corrected chi connectivity index (χ0v) is 15.9. The maximum absolute atomic E-state index is 14.0. The highest BCUT2D eigenvalue weighted by atomic mass is 32.2. The van der Waals surface area contributed by atoms with Crippen molar-refractivity contribution >= 4 is 15.9 Å². The Bertz CT molecular complexity index is 736. The summed E-state index contributed by atoms with van der Waals surface area (Å²) in [7, 11) is -3.80. The van der Waals surface area contributed by atoms with Gasteiger partial charge in [0.15, 0.2) is 11.6 Å². The van der Waals surface area contributed by atoms with Crippen LogP contribution in [-0.4, -0.2) is 56.3 Å². The van der Waals surface area contributed by atoms with E-state index in [1.54, 1.807) is 11.8 Å². The maximum atomic E-state index is 14.0. The molecule has 1 aliphatic heterocycles. The topological polar surface area (TPSA) is 66.9 Å². The van der Waals surface area contributed by atoms with E-state index < -0.39 is 21.3 Å². The smallest absolute Gasteiger partial charge is 0.243 e. The molecule has 0 bridgehead atoms. The number of nitrogens with zero attached hydrogens (tertiary/aromatic N) is 2. The molecule has 1 heterocycles. The van der Waals surface area contributed by atoms with Gasteiger partial charge >= 0.3 is 0 Å². The van der Waals surface area contributed by atoms with Crippen LogP contribution in [0.15, 0.2) is 23.1 Å². The zero-order valence-electron chi connectivity index (χ0n) is 15.1. The molecule has 0 spiro atoms. The van der Waals surface area contributed by atoms with E-state index in [9.17, 15) is 17.6 Å². The molecule has 2 rings (SSSR count). The van der Waals surface area contributed by atoms with Gasteiger partial charge in [0.2, 0.25) is 15.9 Å². The summed E-state index contributed by atoms with van der Waals surface area (Å²) in [5.41, 5.74) is -0.501. The fourth-order valence-corrected chi connectivity index (χ4v) is 4.10. The van der Waals surface area contributed by atoms with Crippen LogP contribution in [0.3, 0.4) is 0 Å². The van der Waals surface area contributed by atoms with E-state index in [2.05, 4.69) is 0 Å². The predicted octanol–water partition coefficient (Wildman–Crippen LogP) is 2.10. The monoisotopic (exact) mass is 372 g/mol. The van der Waals surface area contributed by atoms with Crippen molar-refractivity contribution in [1.82, 2.24) is 9.21 Å². The van der Waals surface area contributed by atoms with Gasteiger partial charge in [0.05, 0.1) is 11.5 Å². The number of sulfonamides is 1. The molecule has 8 heteroatoms. The molecule has 0 aromatic heterocycles. The van der Waals surface area contributed by atoms with E-state index in [1.807, 2.05) is 20.8 Å². The van der Waals surface area contributed by atoms with Crippen molar-refractivity contribution in [3.8, 4) is 5.75 Å². The molecule has 1 aromatic rings. The van der Waals surface area contributed by atoms with Crippen molar-refractivity contribution in [1.29, 1.82) is 0 Å². The SMILES string of the molecule is CCOc1ccc(S(=O)(=O)N2CCN(C(=O)C(C)(C)C)CC2)cc1F. The molecule has 0 unspecified atom stereocenters. The van der Waals surface area contributed by atoms with Crippen LogP contribution in [-0.2, 0) is 14.8 Å². The number of amides is 1. The van der Waals surface area contributed by atoms with Crippen LogP contribution in [0.1, 0.15) is 27.7 Å². The van der Waals surface area contributed by atoms with Crippen LogP contribution >= 0.6 is 0 Å². The number of hydrogen-bond acceptors (Lipinski definition) is 4. The molecule has 140 valence electrons. The number of ether oxygens (including phenoxy) is 1. The van der Waals surface area contributed by atoms with Crippen LogP contribution in [0.5, 0.6) is 5.75 Å². The predicted molar refractivity (Wildman–Crippen MR) is 92.4 cm³/mol. The second kappa shape index (κ2) is 7.29. The lowest BCUT2D eigenvalue weighted by atomic mass is 9.94. The van der Waals surface area contributed by atoms with Gasteiger partial charge in [-0.15, -0.1) is 0 Å². The second-order valence-corrected chi connectivity index (χ2v) is 8.91. The molecule has 25 heavy (non-hydrogen) atoms. The van der Waals surface area contributed by atoms with E-state index >= 15 is 0 Å². The van der Waals surface area contributed by atoms with E-state index in [4.69, 9.17) is 4.74 Å². The van der Waals surface area contributed by atoms with Gasteiger partial charge < -0.3 is 9.64 Å². The minimum absolute atomic E-state index is 0.00309. The summed E-state index contributed by atoms with van der Waals surface area (Å²) in [6.45, 7) is 8.57. The highest BCUT2D eigenvalue weighted by Crippen LogP contribution is 2.25. The van der Waals surface area contributed by atoms with Crippen molar-refractivity contribution in [3.05, 3.63) is 24.0 Å². The summed E-state index contributed by atoms with van der Waals surface area (Å²) in [5, 5.41) is 0. The number of carbonyl (C=O) groups is 1. The third kappa shape index (κ3) is 4.30. The van der Waals surface area contributed by atoms with E-state index in [1.165, 1.54) is 16.4 Å². The van der Waals surface area contributed by atoms with Crippen molar-refractivity contribution in [3.63, 3.8) is 0 Å². The Labute approximate surface area is 148 Å².